The SMILES string of the molecule is C[C@@H]1CCCN1C(=O)Nc1ccc([N+](=O)[O-])c2ccccc12. The van der Waals surface area contributed by atoms with E-state index in [2.05, 4.69) is 5.32 Å². The summed E-state index contributed by atoms with van der Waals surface area (Å²) in [6, 6.07) is 10.1. The molecule has 0 spiro atoms. The lowest BCUT2D eigenvalue weighted by Crippen LogP contribution is -2.37. The Morgan fingerprint density at radius 1 is 1.27 bits per heavy atom. The fraction of sp³-hybridized carbons (Fsp3) is 0.312. The Kier molecular flexibility index (Phi) is 3.66. The van der Waals surface area contributed by atoms with E-state index in [0.29, 0.717) is 16.5 Å². The number of hydrogen-bond donors (Lipinski definition) is 1. The van der Waals surface area contributed by atoms with E-state index in [1.54, 1.807) is 35.2 Å². The number of fused-ring (bicyclic) bond motifs is 1. The number of likely N-dealkylation sites (tertiary alicyclic amines) is 1. The van der Waals surface area contributed by atoms with Crippen molar-refractivity contribution in [3.63, 3.8) is 0 Å². The second kappa shape index (κ2) is 5.63. The van der Waals surface area contributed by atoms with Crippen LogP contribution in [-0.2, 0) is 0 Å². The number of amides is 2. The first kappa shape index (κ1) is 14.3. The molecule has 1 fully saturated rings. The number of rotatable bonds is 2. The molecule has 1 aliphatic heterocycles. The number of nitrogens with zero attached hydrogens (tertiary/aromatic N) is 2. The summed E-state index contributed by atoms with van der Waals surface area (Å²) in [4.78, 5) is 24.9. The molecule has 2 aromatic carbocycles. The molecule has 0 aromatic heterocycles. The molecule has 6 heteroatoms. The number of hydrogen-bond acceptors (Lipinski definition) is 3. The molecule has 0 saturated carbocycles. The largest absolute Gasteiger partial charge is 0.322 e. The molecule has 1 heterocycles. The van der Waals surface area contributed by atoms with Gasteiger partial charge in [-0.1, -0.05) is 18.2 Å². The Labute approximate surface area is 127 Å². The summed E-state index contributed by atoms with van der Waals surface area (Å²) < 4.78 is 0. The van der Waals surface area contributed by atoms with Crippen molar-refractivity contribution in [1.29, 1.82) is 0 Å². The average molecular weight is 299 g/mol. The summed E-state index contributed by atoms with van der Waals surface area (Å²) in [6.45, 7) is 2.78. The number of nitro groups is 1. The second-order valence-electron chi connectivity index (χ2n) is 5.55. The first-order valence-electron chi connectivity index (χ1n) is 7.31. The van der Waals surface area contributed by atoms with Crippen LogP contribution in [0.1, 0.15) is 19.8 Å². The molecule has 0 unspecified atom stereocenters. The number of carbonyl (C=O) groups excluding carboxylic acids is 1. The maximum atomic E-state index is 12.4. The van der Waals surface area contributed by atoms with Gasteiger partial charge in [-0.25, -0.2) is 4.79 Å². The summed E-state index contributed by atoms with van der Waals surface area (Å²) >= 11 is 0. The van der Waals surface area contributed by atoms with Crippen LogP contribution in [0.3, 0.4) is 0 Å². The van der Waals surface area contributed by atoms with Crippen molar-refractivity contribution < 1.29 is 9.72 Å². The topological polar surface area (TPSA) is 75.5 Å². The summed E-state index contributed by atoms with van der Waals surface area (Å²) in [5, 5.41) is 15.2. The molecular formula is C16H17N3O3. The van der Waals surface area contributed by atoms with Crippen molar-refractivity contribution >= 4 is 28.2 Å². The maximum Gasteiger partial charge on any atom is 0.322 e. The highest BCUT2D eigenvalue weighted by atomic mass is 16.6. The second-order valence-corrected chi connectivity index (χ2v) is 5.55. The number of urea groups is 1. The van der Waals surface area contributed by atoms with E-state index in [1.807, 2.05) is 6.92 Å². The molecule has 22 heavy (non-hydrogen) atoms. The van der Waals surface area contributed by atoms with Crippen LogP contribution >= 0.6 is 0 Å². The maximum absolute atomic E-state index is 12.4. The Morgan fingerprint density at radius 3 is 2.64 bits per heavy atom. The van der Waals surface area contributed by atoms with Crippen LogP contribution in [0.25, 0.3) is 10.8 Å². The molecule has 1 saturated heterocycles. The Balaban J connectivity index is 1.96. The number of benzene rings is 2. The van der Waals surface area contributed by atoms with Gasteiger partial charge in [-0.05, 0) is 31.9 Å². The van der Waals surface area contributed by atoms with E-state index in [0.717, 1.165) is 19.4 Å². The fourth-order valence-electron chi connectivity index (χ4n) is 2.97. The van der Waals surface area contributed by atoms with Gasteiger partial charge in [0.2, 0.25) is 0 Å². The highest BCUT2D eigenvalue weighted by molar-refractivity contribution is 6.05. The Bertz CT molecular complexity index is 744. The average Bonchev–Trinajstić information content (AvgIpc) is 2.93. The zero-order valence-corrected chi connectivity index (χ0v) is 12.3. The lowest BCUT2D eigenvalue weighted by Gasteiger charge is -2.22. The number of nitrogens with one attached hydrogen (secondary N) is 1. The number of anilines is 1. The summed E-state index contributed by atoms with van der Waals surface area (Å²) in [6.07, 6.45) is 2.02. The third-order valence-corrected chi connectivity index (χ3v) is 4.15. The smallest absolute Gasteiger partial charge is 0.322 e. The minimum absolute atomic E-state index is 0.0446. The van der Waals surface area contributed by atoms with Gasteiger partial charge in [0.25, 0.3) is 5.69 Å². The number of non-ortho nitro benzene ring substituents is 1. The van der Waals surface area contributed by atoms with Gasteiger partial charge >= 0.3 is 6.03 Å². The Morgan fingerprint density at radius 2 is 2.00 bits per heavy atom. The van der Waals surface area contributed by atoms with E-state index in [1.165, 1.54) is 6.07 Å². The first-order chi connectivity index (χ1) is 10.6. The standard InChI is InChI=1S/C16H17N3O3/c1-11-5-4-10-18(11)16(20)17-14-8-9-15(19(21)22)13-7-3-2-6-12(13)14/h2-3,6-9,11H,4-5,10H2,1H3,(H,17,20)/t11-/m1/s1. The van der Waals surface area contributed by atoms with Crippen LogP contribution in [0.2, 0.25) is 0 Å². The molecule has 1 aliphatic rings. The molecule has 3 rings (SSSR count). The lowest BCUT2D eigenvalue weighted by atomic mass is 10.1. The van der Waals surface area contributed by atoms with E-state index in [9.17, 15) is 14.9 Å². The minimum atomic E-state index is -0.406. The van der Waals surface area contributed by atoms with Gasteiger partial charge in [0.05, 0.1) is 16.0 Å². The molecule has 1 atom stereocenters. The van der Waals surface area contributed by atoms with E-state index in [4.69, 9.17) is 0 Å². The van der Waals surface area contributed by atoms with Crippen molar-refractivity contribution in [2.75, 3.05) is 11.9 Å². The van der Waals surface area contributed by atoms with Gasteiger partial charge in [0.1, 0.15) is 0 Å². The molecular weight excluding hydrogens is 282 g/mol. The van der Waals surface area contributed by atoms with Crippen LogP contribution < -0.4 is 5.32 Å². The van der Waals surface area contributed by atoms with Gasteiger partial charge in [0.15, 0.2) is 0 Å². The van der Waals surface area contributed by atoms with Gasteiger partial charge in [0, 0.05) is 24.0 Å². The molecule has 0 bridgehead atoms. The molecule has 2 aromatic rings. The van der Waals surface area contributed by atoms with E-state index >= 15 is 0 Å². The predicted octanol–water partition coefficient (Wildman–Crippen LogP) is 3.76. The first-order valence-corrected chi connectivity index (χ1v) is 7.31. The van der Waals surface area contributed by atoms with Gasteiger partial charge in [-0.3, -0.25) is 10.1 Å². The van der Waals surface area contributed by atoms with Gasteiger partial charge < -0.3 is 10.2 Å². The molecule has 6 nitrogen and oxygen atoms in total. The van der Waals surface area contributed by atoms with Gasteiger partial charge in [-0.15, -0.1) is 0 Å². The molecule has 0 radical (unpaired) electrons. The van der Waals surface area contributed by atoms with Crippen LogP contribution in [0.4, 0.5) is 16.2 Å². The third-order valence-electron chi connectivity index (χ3n) is 4.15. The van der Waals surface area contributed by atoms with Crippen molar-refractivity contribution in [3.8, 4) is 0 Å². The monoisotopic (exact) mass is 299 g/mol. The highest BCUT2D eigenvalue weighted by Crippen LogP contribution is 2.31. The van der Waals surface area contributed by atoms with Gasteiger partial charge in [-0.2, -0.15) is 0 Å². The molecule has 1 N–H and O–H groups in total. The van der Waals surface area contributed by atoms with Crippen LogP contribution in [0.15, 0.2) is 36.4 Å². The molecule has 114 valence electrons. The molecule has 0 aliphatic carbocycles. The number of carbonyl (C=O) groups is 1. The Hall–Kier alpha value is -2.63. The van der Waals surface area contributed by atoms with Crippen molar-refractivity contribution in [1.82, 2.24) is 4.90 Å². The van der Waals surface area contributed by atoms with E-state index < -0.39 is 4.92 Å². The van der Waals surface area contributed by atoms with Crippen molar-refractivity contribution in [2.24, 2.45) is 0 Å². The van der Waals surface area contributed by atoms with Crippen LogP contribution in [-0.4, -0.2) is 28.4 Å². The fourth-order valence-corrected chi connectivity index (χ4v) is 2.97. The van der Waals surface area contributed by atoms with Crippen LogP contribution in [0, 0.1) is 10.1 Å². The predicted molar refractivity (Wildman–Crippen MR) is 85.0 cm³/mol. The number of nitro benzene ring substituents is 1. The zero-order chi connectivity index (χ0) is 15.7. The molecule has 2 amide bonds. The summed E-state index contributed by atoms with van der Waals surface area (Å²) in [7, 11) is 0. The quantitative estimate of drug-likeness (QED) is 0.677. The lowest BCUT2D eigenvalue weighted by molar-refractivity contribution is -0.383. The van der Waals surface area contributed by atoms with E-state index in [-0.39, 0.29) is 17.8 Å². The summed E-state index contributed by atoms with van der Waals surface area (Å²) in [5.41, 5.74) is 0.647. The zero-order valence-electron chi connectivity index (χ0n) is 12.3. The van der Waals surface area contributed by atoms with Crippen molar-refractivity contribution in [3.05, 3.63) is 46.5 Å². The normalized spacial score (nSPS) is 17.7. The highest BCUT2D eigenvalue weighted by Gasteiger charge is 2.25. The van der Waals surface area contributed by atoms with Crippen LogP contribution in [0.5, 0.6) is 0 Å². The minimum Gasteiger partial charge on any atom is -0.322 e. The van der Waals surface area contributed by atoms with Crippen molar-refractivity contribution in [2.45, 2.75) is 25.8 Å². The third kappa shape index (κ3) is 2.47. The summed E-state index contributed by atoms with van der Waals surface area (Å²) in [5.74, 6) is 0.